The zero-order valence-corrected chi connectivity index (χ0v) is 6.98. The monoisotopic (exact) mass is 127 g/mol. The largest absolute Gasteiger partial charge is 0.0654 e. The first kappa shape index (κ1) is 9.00. The van der Waals surface area contributed by atoms with E-state index in [0.717, 1.165) is 5.92 Å². The molecular formula is C9H19. The molecule has 0 N–H and O–H groups in total. The van der Waals surface area contributed by atoms with Crippen molar-refractivity contribution in [2.75, 3.05) is 0 Å². The molecule has 9 heavy (non-hydrogen) atoms. The van der Waals surface area contributed by atoms with Crippen molar-refractivity contribution in [3.63, 3.8) is 0 Å². The first-order valence-electron chi connectivity index (χ1n) is 4.14. The van der Waals surface area contributed by atoms with Crippen LogP contribution in [0.2, 0.25) is 0 Å². The lowest BCUT2D eigenvalue weighted by Crippen LogP contribution is -1.91. The predicted octanol–water partition coefficient (Wildman–Crippen LogP) is 3.43. The molecule has 1 unspecified atom stereocenters. The highest BCUT2D eigenvalue weighted by molar-refractivity contribution is 4.70. The van der Waals surface area contributed by atoms with E-state index in [9.17, 15) is 0 Å². The summed E-state index contributed by atoms with van der Waals surface area (Å²) in [6.07, 6.45) is 7.73. The lowest BCUT2D eigenvalue weighted by atomic mass is 10.0. The highest BCUT2D eigenvalue weighted by Gasteiger charge is 1.96. The van der Waals surface area contributed by atoms with Crippen LogP contribution in [0.5, 0.6) is 0 Å². The van der Waals surface area contributed by atoms with Gasteiger partial charge in [0.05, 0.1) is 0 Å². The van der Waals surface area contributed by atoms with Crippen LogP contribution in [0.15, 0.2) is 0 Å². The molecule has 55 valence electrons. The zero-order valence-electron chi connectivity index (χ0n) is 6.98. The van der Waals surface area contributed by atoms with Gasteiger partial charge in [0, 0.05) is 0 Å². The van der Waals surface area contributed by atoms with Gasteiger partial charge in [0.15, 0.2) is 0 Å². The summed E-state index contributed by atoms with van der Waals surface area (Å²) in [4.78, 5) is 0. The van der Waals surface area contributed by atoms with E-state index in [1.807, 2.05) is 0 Å². The van der Waals surface area contributed by atoms with Gasteiger partial charge >= 0.3 is 0 Å². The number of rotatable bonds is 5. The number of hydrogen-bond acceptors (Lipinski definition) is 0. The molecule has 0 aliphatic carbocycles. The Morgan fingerprint density at radius 2 is 2.00 bits per heavy atom. The lowest BCUT2D eigenvalue weighted by molar-refractivity contribution is 0.598. The van der Waals surface area contributed by atoms with Crippen LogP contribution in [-0.4, -0.2) is 0 Å². The molecule has 1 radical (unpaired) electrons. The van der Waals surface area contributed by atoms with Crippen LogP contribution >= 0.6 is 0 Å². The van der Waals surface area contributed by atoms with Crippen LogP contribution in [-0.2, 0) is 0 Å². The van der Waals surface area contributed by atoms with Gasteiger partial charge in [-0.25, -0.2) is 0 Å². The quantitative estimate of drug-likeness (QED) is 0.496. The molecule has 0 heterocycles. The van der Waals surface area contributed by atoms with Crippen LogP contribution in [0.25, 0.3) is 0 Å². The molecule has 0 amide bonds. The molecule has 0 aromatic carbocycles. The SMILES string of the molecule is CCCC[CH]C(C)CC. The van der Waals surface area contributed by atoms with E-state index in [1.54, 1.807) is 0 Å². The van der Waals surface area contributed by atoms with E-state index >= 15 is 0 Å². The van der Waals surface area contributed by atoms with Gasteiger partial charge in [-0.1, -0.05) is 40.0 Å². The second-order valence-corrected chi connectivity index (χ2v) is 2.76. The minimum Gasteiger partial charge on any atom is -0.0654 e. The van der Waals surface area contributed by atoms with E-state index in [2.05, 4.69) is 27.2 Å². The summed E-state index contributed by atoms with van der Waals surface area (Å²) in [5.41, 5.74) is 0. The lowest BCUT2D eigenvalue weighted by Gasteiger charge is -2.05. The average molecular weight is 127 g/mol. The molecule has 1 atom stereocenters. The van der Waals surface area contributed by atoms with E-state index in [-0.39, 0.29) is 0 Å². The van der Waals surface area contributed by atoms with E-state index in [4.69, 9.17) is 0 Å². The molecule has 0 rings (SSSR count). The maximum absolute atomic E-state index is 2.43. The second kappa shape index (κ2) is 6.12. The van der Waals surface area contributed by atoms with Crippen molar-refractivity contribution in [3.05, 3.63) is 6.42 Å². The summed E-state index contributed by atoms with van der Waals surface area (Å²) in [6, 6.07) is 0. The van der Waals surface area contributed by atoms with Crippen molar-refractivity contribution in [3.8, 4) is 0 Å². The average Bonchev–Trinajstić information content (AvgIpc) is 1.89. The molecule has 0 aromatic rings. The minimum atomic E-state index is 0.830. The molecule has 0 aromatic heterocycles. The molecule has 0 nitrogen and oxygen atoms in total. The summed E-state index contributed by atoms with van der Waals surface area (Å²) >= 11 is 0. The Balaban J connectivity index is 2.88. The Labute approximate surface area is 59.7 Å². The number of hydrogen-bond donors (Lipinski definition) is 0. The molecule has 0 bridgehead atoms. The third-order valence-corrected chi connectivity index (χ3v) is 1.77. The van der Waals surface area contributed by atoms with E-state index < -0.39 is 0 Å². The molecular weight excluding hydrogens is 108 g/mol. The molecule has 0 saturated carbocycles. The van der Waals surface area contributed by atoms with Gasteiger partial charge in [0.1, 0.15) is 0 Å². The normalized spacial score (nSPS) is 13.7. The summed E-state index contributed by atoms with van der Waals surface area (Å²) in [5.74, 6) is 0.830. The Hall–Kier alpha value is 0. The Bertz CT molecular complexity index is 48.0. The van der Waals surface area contributed by atoms with Gasteiger partial charge < -0.3 is 0 Å². The predicted molar refractivity (Wildman–Crippen MR) is 43.3 cm³/mol. The van der Waals surface area contributed by atoms with Crippen LogP contribution < -0.4 is 0 Å². The summed E-state index contributed by atoms with van der Waals surface area (Å²) in [7, 11) is 0. The van der Waals surface area contributed by atoms with E-state index in [0.29, 0.717) is 0 Å². The fourth-order valence-corrected chi connectivity index (χ4v) is 0.773. The van der Waals surface area contributed by atoms with Crippen LogP contribution in [0, 0.1) is 12.3 Å². The Morgan fingerprint density at radius 3 is 2.44 bits per heavy atom. The van der Waals surface area contributed by atoms with Crippen molar-refractivity contribution < 1.29 is 0 Å². The molecule has 0 spiro atoms. The van der Waals surface area contributed by atoms with Crippen LogP contribution in [0.3, 0.4) is 0 Å². The van der Waals surface area contributed by atoms with Gasteiger partial charge in [-0.2, -0.15) is 0 Å². The molecule has 0 fully saturated rings. The topological polar surface area (TPSA) is 0 Å². The minimum absolute atomic E-state index is 0.830. The highest BCUT2D eigenvalue weighted by Crippen LogP contribution is 2.10. The van der Waals surface area contributed by atoms with Gasteiger partial charge in [-0.3, -0.25) is 0 Å². The molecule has 0 aliphatic heterocycles. The van der Waals surface area contributed by atoms with Crippen molar-refractivity contribution >= 4 is 0 Å². The third-order valence-electron chi connectivity index (χ3n) is 1.77. The van der Waals surface area contributed by atoms with Gasteiger partial charge in [0.25, 0.3) is 0 Å². The Morgan fingerprint density at radius 1 is 1.33 bits per heavy atom. The first-order valence-corrected chi connectivity index (χ1v) is 4.14. The third kappa shape index (κ3) is 5.88. The van der Waals surface area contributed by atoms with Crippen molar-refractivity contribution in [1.82, 2.24) is 0 Å². The van der Waals surface area contributed by atoms with Crippen LogP contribution in [0.1, 0.15) is 46.5 Å². The summed E-state index contributed by atoms with van der Waals surface area (Å²) in [5, 5.41) is 0. The zero-order chi connectivity index (χ0) is 7.11. The number of unbranched alkanes of at least 4 members (excludes halogenated alkanes) is 2. The second-order valence-electron chi connectivity index (χ2n) is 2.76. The standard InChI is InChI=1S/C9H19/c1-4-6-7-8-9(3)5-2/h8-9H,4-7H2,1-3H3. The molecule has 0 heteroatoms. The van der Waals surface area contributed by atoms with Crippen LogP contribution in [0.4, 0.5) is 0 Å². The van der Waals surface area contributed by atoms with Gasteiger partial charge in [-0.15, -0.1) is 0 Å². The first-order chi connectivity index (χ1) is 4.31. The van der Waals surface area contributed by atoms with Crippen molar-refractivity contribution in [2.45, 2.75) is 46.5 Å². The maximum atomic E-state index is 2.43. The molecule has 0 aliphatic rings. The van der Waals surface area contributed by atoms with Gasteiger partial charge in [0.2, 0.25) is 0 Å². The van der Waals surface area contributed by atoms with Crippen molar-refractivity contribution in [1.29, 1.82) is 0 Å². The summed E-state index contributed by atoms with van der Waals surface area (Å²) in [6.45, 7) is 6.77. The Kier molecular flexibility index (Phi) is 6.12. The molecule has 0 saturated heterocycles. The highest BCUT2D eigenvalue weighted by atomic mass is 14.0. The smallest absolute Gasteiger partial charge is 0.0358 e. The fourth-order valence-electron chi connectivity index (χ4n) is 0.773. The van der Waals surface area contributed by atoms with Gasteiger partial charge in [-0.05, 0) is 18.8 Å². The maximum Gasteiger partial charge on any atom is -0.0358 e. The summed E-state index contributed by atoms with van der Waals surface area (Å²) < 4.78 is 0. The fraction of sp³-hybridized carbons (Fsp3) is 0.889. The van der Waals surface area contributed by atoms with E-state index in [1.165, 1.54) is 25.7 Å². The van der Waals surface area contributed by atoms with Crippen molar-refractivity contribution in [2.24, 2.45) is 5.92 Å².